The summed E-state index contributed by atoms with van der Waals surface area (Å²) >= 11 is 1.55. The van der Waals surface area contributed by atoms with Crippen molar-refractivity contribution in [3.63, 3.8) is 0 Å². The van der Waals surface area contributed by atoms with E-state index < -0.39 is 17.7 Å². The summed E-state index contributed by atoms with van der Waals surface area (Å²) in [5, 5.41) is 16.9. The van der Waals surface area contributed by atoms with Crippen molar-refractivity contribution in [2.45, 2.75) is 13.1 Å². The average Bonchev–Trinajstić information content (AvgIpc) is 3.23. The maximum atomic E-state index is 13.5. The van der Waals surface area contributed by atoms with E-state index in [2.05, 4.69) is 20.9 Å². The summed E-state index contributed by atoms with van der Waals surface area (Å²) in [6, 6.07) is 4.62. The number of nitrogens with one attached hydrogen (secondary N) is 2. The van der Waals surface area contributed by atoms with Crippen LogP contribution < -0.4 is 10.6 Å². The molecule has 0 fully saturated rings. The number of aromatic nitrogens is 3. The Morgan fingerprint density at radius 2 is 2.04 bits per heavy atom. The second-order valence-electron chi connectivity index (χ2n) is 4.91. The number of carbonyl (C=O) groups is 1. The molecule has 2 aromatic heterocycles. The van der Waals surface area contributed by atoms with Crippen LogP contribution in [0.4, 0.5) is 13.6 Å². The number of thiophene rings is 1. The number of halogens is 2. The highest BCUT2D eigenvalue weighted by molar-refractivity contribution is 7.08. The minimum Gasteiger partial charge on any atom is -0.334 e. The molecule has 0 radical (unpaired) electrons. The molecular weight excluding hydrogens is 336 g/mol. The lowest BCUT2D eigenvalue weighted by Crippen LogP contribution is -2.34. The monoisotopic (exact) mass is 349 g/mol. The first-order valence-electron chi connectivity index (χ1n) is 7.01. The fraction of sp³-hybridized carbons (Fsp3) is 0.133. The van der Waals surface area contributed by atoms with E-state index in [1.807, 2.05) is 16.8 Å². The Morgan fingerprint density at radius 3 is 2.79 bits per heavy atom. The SMILES string of the molecule is O=C(NCc1cn(-c2ccsc2)nn1)NCc1ccc(F)cc1F. The van der Waals surface area contributed by atoms with E-state index in [-0.39, 0.29) is 18.7 Å². The van der Waals surface area contributed by atoms with Crippen LogP contribution in [0.15, 0.2) is 41.2 Å². The third-order valence-electron chi connectivity index (χ3n) is 3.20. The molecule has 3 rings (SSSR count). The predicted octanol–water partition coefficient (Wildman–Crippen LogP) is 2.61. The molecule has 6 nitrogen and oxygen atoms in total. The first kappa shape index (κ1) is 16.1. The second kappa shape index (κ2) is 7.18. The van der Waals surface area contributed by atoms with Gasteiger partial charge in [0.15, 0.2) is 0 Å². The van der Waals surface area contributed by atoms with E-state index in [1.54, 1.807) is 22.2 Å². The van der Waals surface area contributed by atoms with Gasteiger partial charge in [-0.25, -0.2) is 18.3 Å². The Kier molecular flexibility index (Phi) is 4.80. The third kappa shape index (κ3) is 3.93. The number of benzene rings is 1. The first-order valence-corrected chi connectivity index (χ1v) is 7.95. The Hall–Kier alpha value is -2.81. The number of rotatable bonds is 5. The zero-order valence-corrected chi connectivity index (χ0v) is 13.2. The standard InChI is InChI=1S/C15H13F2N5OS/c16-11-2-1-10(14(17)5-11)6-18-15(23)19-7-12-8-22(21-20-12)13-3-4-24-9-13/h1-5,8-9H,6-7H2,(H2,18,19,23). The molecule has 9 heteroatoms. The van der Waals surface area contributed by atoms with E-state index in [1.165, 1.54) is 6.07 Å². The van der Waals surface area contributed by atoms with Gasteiger partial charge < -0.3 is 10.6 Å². The first-order chi connectivity index (χ1) is 11.6. The summed E-state index contributed by atoms with van der Waals surface area (Å²) in [5.74, 6) is -1.36. The Bertz CT molecular complexity index is 834. The Balaban J connectivity index is 1.49. The van der Waals surface area contributed by atoms with Gasteiger partial charge in [-0.15, -0.1) is 5.10 Å². The minimum absolute atomic E-state index is 0.0421. The van der Waals surface area contributed by atoms with Gasteiger partial charge in [0, 0.05) is 23.6 Å². The molecule has 124 valence electrons. The number of urea groups is 1. The lowest BCUT2D eigenvalue weighted by Gasteiger charge is -2.07. The zero-order chi connectivity index (χ0) is 16.9. The summed E-state index contributed by atoms with van der Waals surface area (Å²) in [7, 11) is 0. The topological polar surface area (TPSA) is 71.8 Å². The van der Waals surface area contributed by atoms with Gasteiger partial charge >= 0.3 is 6.03 Å². The van der Waals surface area contributed by atoms with Gasteiger partial charge in [-0.05, 0) is 17.5 Å². The van der Waals surface area contributed by atoms with Crippen molar-refractivity contribution in [2.24, 2.45) is 0 Å². The van der Waals surface area contributed by atoms with Crippen LogP contribution in [0.25, 0.3) is 5.69 Å². The lowest BCUT2D eigenvalue weighted by atomic mass is 10.2. The maximum absolute atomic E-state index is 13.5. The highest BCUT2D eigenvalue weighted by Crippen LogP contribution is 2.11. The molecule has 0 bridgehead atoms. The Labute approximate surface area is 140 Å². The van der Waals surface area contributed by atoms with E-state index in [4.69, 9.17) is 0 Å². The molecular formula is C15H13F2N5OS. The van der Waals surface area contributed by atoms with E-state index in [9.17, 15) is 13.6 Å². The summed E-state index contributed by atoms with van der Waals surface area (Å²) in [4.78, 5) is 11.7. The van der Waals surface area contributed by atoms with Gasteiger partial charge in [-0.2, -0.15) is 11.3 Å². The number of amides is 2. The largest absolute Gasteiger partial charge is 0.334 e. The minimum atomic E-state index is -0.700. The summed E-state index contributed by atoms with van der Waals surface area (Å²) in [6.45, 7) is 0.140. The normalized spacial score (nSPS) is 10.6. The fourth-order valence-electron chi connectivity index (χ4n) is 1.97. The zero-order valence-electron chi connectivity index (χ0n) is 12.4. The molecule has 2 N–H and O–H groups in total. The second-order valence-corrected chi connectivity index (χ2v) is 5.69. The fourth-order valence-corrected chi connectivity index (χ4v) is 2.59. The van der Waals surface area contributed by atoms with Gasteiger partial charge in [0.2, 0.25) is 0 Å². The molecule has 3 aromatic rings. The highest BCUT2D eigenvalue weighted by Gasteiger charge is 2.08. The molecule has 0 aliphatic carbocycles. The van der Waals surface area contributed by atoms with Crippen molar-refractivity contribution < 1.29 is 13.6 Å². The van der Waals surface area contributed by atoms with Gasteiger partial charge in [0.1, 0.15) is 17.3 Å². The summed E-state index contributed by atoms with van der Waals surface area (Å²) in [6.07, 6.45) is 1.71. The maximum Gasteiger partial charge on any atom is 0.315 e. The molecule has 0 aliphatic heterocycles. The lowest BCUT2D eigenvalue weighted by molar-refractivity contribution is 0.240. The molecule has 0 saturated heterocycles. The van der Waals surface area contributed by atoms with Gasteiger partial charge in [-0.3, -0.25) is 0 Å². The van der Waals surface area contributed by atoms with Crippen LogP contribution in [-0.2, 0) is 13.1 Å². The van der Waals surface area contributed by atoms with E-state index in [0.717, 1.165) is 17.8 Å². The predicted molar refractivity (Wildman–Crippen MR) is 84.7 cm³/mol. The van der Waals surface area contributed by atoms with Crippen LogP contribution in [0.5, 0.6) is 0 Å². The van der Waals surface area contributed by atoms with Crippen LogP contribution >= 0.6 is 11.3 Å². The van der Waals surface area contributed by atoms with Crippen LogP contribution in [0.3, 0.4) is 0 Å². The van der Waals surface area contributed by atoms with Gasteiger partial charge in [0.05, 0.1) is 18.4 Å². The number of nitrogens with zero attached hydrogens (tertiary/aromatic N) is 3. The molecule has 1 aromatic carbocycles. The van der Waals surface area contributed by atoms with Crippen LogP contribution in [0, 0.1) is 11.6 Å². The molecule has 0 unspecified atom stereocenters. The third-order valence-corrected chi connectivity index (χ3v) is 3.87. The molecule has 0 aliphatic rings. The van der Waals surface area contributed by atoms with Crippen LogP contribution in [0.1, 0.15) is 11.3 Å². The van der Waals surface area contributed by atoms with Crippen molar-refractivity contribution in [2.75, 3.05) is 0 Å². The van der Waals surface area contributed by atoms with Crippen molar-refractivity contribution in [3.05, 3.63) is 64.1 Å². The molecule has 0 spiro atoms. The van der Waals surface area contributed by atoms with Gasteiger partial charge in [0.25, 0.3) is 0 Å². The Morgan fingerprint density at radius 1 is 1.21 bits per heavy atom. The van der Waals surface area contributed by atoms with Crippen LogP contribution in [-0.4, -0.2) is 21.0 Å². The van der Waals surface area contributed by atoms with Gasteiger partial charge in [-0.1, -0.05) is 11.3 Å². The molecule has 2 heterocycles. The number of carbonyl (C=O) groups excluding carboxylic acids is 1. The number of hydrogen-bond acceptors (Lipinski definition) is 4. The molecule has 0 saturated carbocycles. The molecule has 24 heavy (non-hydrogen) atoms. The summed E-state index contributed by atoms with van der Waals surface area (Å²) in [5.41, 5.74) is 1.69. The van der Waals surface area contributed by atoms with Crippen LogP contribution in [0.2, 0.25) is 0 Å². The summed E-state index contributed by atoms with van der Waals surface area (Å²) < 4.78 is 27.9. The quantitative estimate of drug-likeness (QED) is 0.744. The van der Waals surface area contributed by atoms with Crippen molar-refractivity contribution in [3.8, 4) is 5.69 Å². The highest BCUT2D eigenvalue weighted by atomic mass is 32.1. The smallest absolute Gasteiger partial charge is 0.315 e. The number of hydrogen-bond donors (Lipinski definition) is 2. The molecule has 0 atom stereocenters. The average molecular weight is 349 g/mol. The molecule has 2 amide bonds. The van der Waals surface area contributed by atoms with Crippen molar-refractivity contribution in [1.29, 1.82) is 0 Å². The van der Waals surface area contributed by atoms with E-state index >= 15 is 0 Å². The van der Waals surface area contributed by atoms with E-state index in [0.29, 0.717) is 5.69 Å². The van der Waals surface area contributed by atoms with Crippen molar-refractivity contribution >= 4 is 17.4 Å². The van der Waals surface area contributed by atoms with Crippen molar-refractivity contribution in [1.82, 2.24) is 25.6 Å².